The molecular formula is C42H63NO5. The number of allylic oxidation sites excluding steroid dienone is 2. The summed E-state index contributed by atoms with van der Waals surface area (Å²) in [6.45, 7) is 12.2. The van der Waals surface area contributed by atoms with Gasteiger partial charge in [-0.25, -0.2) is 4.79 Å². The summed E-state index contributed by atoms with van der Waals surface area (Å²) in [7, 11) is 0. The van der Waals surface area contributed by atoms with Crippen LogP contribution in [-0.4, -0.2) is 58.4 Å². The number of rotatable bonds is 7. The molecule has 0 saturated heterocycles. The van der Waals surface area contributed by atoms with Gasteiger partial charge in [-0.15, -0.1) is 0 Å². The molecule has 0 radical (unpaired) electrons. The normalized spacial score (nSPS) is 35.1. The lowest BCUT2D eigenvalue weighted by Gasteiger charge is -2.60. The summed E-state index contributed by atoms with van der Waals surface area (Å²) in [6, 6.07) is 6.35. The van der Waals surface area contributed by atoms with Crippen molar-refractivity contribution in [2.24, 2.45) is 34.5 Å². The fourth-order valence-electron chi connectivity index (χ4n) is 11.0. The summed E-state index contributed by atoms with van der Waals surface area (Å²) >= 11 is 0. The van der Waals surface area contributed by atoms with Crippen LogP contribution < -0.4 is 0 Å². The van der Waals surface area contributed by atoms with Gasteiger partial charge >= 0.3 is 6.09 Å². The van der Waals surface area contributed by atoms with Crippen molar-refractivity contribution < 1.29 is 24.5 Å². The lowest BCUT2D eigenvalue weighted by atomic mass is 9.45. The molecule has 0 aliphatic heterocycles. The number of fused-ring (bicyclic) bond motifs is 10. The van der Waals surface area contributed by atoms with E-state index in [4.69, 9.17) is 4.74 Å². The molecule has 6 nitrogen and oxygen atoms in total. The molecule has 7 atom stereocenters. The monoisotopic (exact) mass is 661 g/mol. The van der Waals surface area contributed by atoms with Gasteiger partial charge in [-0.05, 0) is 137 Å². The van der Waals surface area contributed by atoms with Gasteiger partial charge in [0.25, 0.3) is 0 Å². The third kappa shape index (κ3) is 6.78. The highest BCUT2D eigenvalue weighted by atomic mass is 16.6. The first-order chi connectivity index (χ1) is 22.9. The molecule has 266 valence electrons. The van der Waals surface area contributed by atoms with Crippen molar-refractivity contribution in [2.45, 2.75) is 149 Å². The minimum atomic E-state index is -1.13. The number of carbonyl (C=O) groups excluding carboxylic acids is 2. The lowest BCUT2D eigenvalue weighted by molar-refractivity contribution is -0.120. The predicted molar refractivity (Wildman–Crippen MR) is 191 cm³/mol. The summed E-state index contributed by atoms with van der Waals surface area (Å²) in [5.41, 5.74) is 2.76. The molecular weight excluding hydrogens is 598 g/mol. The maximum atomic E-state index is 14.4. The van der Waals surface area contributed by atoms with Gasteiger partial charge in [0.2, 0.25) is 0 Å². The molecule has 0 spiro atoms. The first kappa shape index (κ1) is 35.6. The molecule has 4 bridgehead atoms. The van der Waals surface area contributed by atoms with E-state index in [0.717, 1.165) is 80.4 Å². The Hall–Kier alpha value is -2.18. The fourth-order valence-corrected chi connectivity index (χ4v) is 11.0. The van der Waals surface area contributed by atoms with Crippen molar-refractivity contribution in [2.75, 3.05) is 19.7 Å². The van der Waals surface area contributed by atoms with Gasteiger partial charge in [-0.1, -0.05) is 63.8 Å². The minimum Gasteiger partial charge on any atom is -0.450 e. The zero-order valence-corrected chi connectivity index (χ0v) is 30.6. The number of benzene rings is 1. The molecule has 0 heterocycles. The molecule has 7 unspecified atom stereocenters. The number of hydrogen-bond donors (Lipinski definition) is 2. The van der Waals surface area contributed by atoms with Gasteiger partial charge in [0, 0.05) is 23.4 Å². The van der Waals surface area contributed by atoms with Crippen LogP contribution in [0.5, 0.6) is 0 Å². The molecule has 1 aromatic carbocycles. The number of ether oxygens (including phenoxy) is 1. The number of Topliss-reactive ketones (excluding diaryl/α,β-unsaturated/α-hetero) is 1. The Kier molecular flexibility index (Phi) is 10.6. The summed E-state index contributed by atoms with van der Waals surface area (Å²) in [5, 5.41) is 23.9. The Morgan fingerprint density at radius 2 is 1.77 bits per heavy atom. The van der Waals surface area contributed by atoms with Gasteiger partial charge in [-0.2, -0.15) is 0 Å². The van der Waals surface area contributed by atoms with E-state index in [1.54, 1.807) is 0 Å². The number of carbonyl (C=O) groups is 2. The van der Waals surface area contributed by atoms with Crippen molar-refractivity contribution in [3.63, 3.8) is 0 Å². The summed E-state index contributed by atoms with van der Waals surface area (Å²) in [4.78, 5) is 29.9. The maximum Gasteiger partial charge on any atom is 0.409 e. The highest BCUT2D eigenvalue weighted by Crippen LogP contribution is 2.62. The molecule has 2 N–H and O–H groups in total. The highest BCUT2D eigenvalue weighted by molar-refractivity contribution is 5.99. The van der Waals surface area contributed by atoms with Crippen molar-refractivity contribution >= 4 is 11.9 Å². The molecule has 6 heteroatoms. The highest BCUT2D eigenvalue weighted by Gasteiger charge is 2.59. The van der Waals surface area contributed by atoms with Crippen molar-refractivity contribution in [3.05, 3.63) is 46.5 Å². The Morgan fingerprint density at radius 3 is 2.48 bits per heavy atom. The van der Waals surface area contributed by atoms with E-state index < -0.39 is 17.1 Å². The zero-order chi connectivity index (χ0) is 34.3. The van der Waals surface area contributed by atoms with Crippen LogP contribution in [0.4, 0.5) is 4.79 Å². The van der Waals surface area contributed by atoms with E-state index in [1.165, 1.54) is 24.8 Å². The first-order valence-corrected chi connectivity index (χ1v) is 19.5. The van der Waals surface area contributed by atoms with Crippen LogP contribution in [0.2, 0.25) is 0 Å². The van der Waals surface area contributed by atoms with Crippen LogP contribution in [0.1, 0.15) is 152 Å². The molecule has 7 aliphatic rings. The third-order valence-electron chi connectivity index (χ3n) is 14.3. The minimum absolute atomic E-state index is 0.0225. The van der Waals surface area contributed by atoms with Crippen LogP contribution in [0.3, 0.4) is 0 Å². The molecule has 5 saturated carbocycles. The average molecular weight is 662 g/mol. The summed E-state index contributed by atoms with van der Waals surface area (Å²) in [6.07, 6.45) is 15.3. The van der Waals surface area contributed by atoms with E-state index in [2.05, 4.69) is 52.0 Å². The van der Waals surface area contributed by atoms with Crippen LogP contribution in [0.25, 0.3) is 0 Å². The van der Waals surface area contributed by atoms with E-state index in [1.807, 2.05) is 11.8 Å². The van der Waals surface area contributed by atoms with Crippen LogP contribution in [0.15, 0.2) is 29.8 Å². The smallest absolute Gasteiger partial charge is 0.409 e. The van der Waals surface area contributed by atoms with Gasteiger partial charge in [-0.3, -0.25) is 4.79 Å². The van der Waals surface area contributed by atoms with Crippen LogP contribution >= 0.6 is 0 Å². The number of nitrogens with zero attached hydrogens (tertiary/aromatic N) is 1. The second-order valence-corrected chi connectivity index (χ2v) is 17.4. The zero-order valence-electron chi connectivity index (χ0n) is 30.6. The first-order valence-electron chi connectivity index (χ1n) is 19.5. The van der Waals surface area contributed by atoms with Gasteiger partial charge in [0.15, 0.2) is 5.78 Å². The van der Waals surface area contributed by atoms with E-state index in [9.17, 15) is 19.8 Å². The Labute approximate surface area is 290 Å². The third-order valence-corrected chi connectivity index (χ3v) is 14.3. The van der Waals surface area contributed by atoms with Gasteiger partial charge in [0.1, 0.15) is 0 Å². The number of aliphatic hydroxyl groups excluding tert-OH is 1. The Bertz CT molecular complexity index is 1360. The second-order valence-electron chi connectivity index (χ2n) is 17.4. The quantitative estimate of drug-likeness (QED) is 0.225. The lowest BCUT2D eigenvalue weighted by Crippen LogP contribution is -2.58. The molecule has 5 fully saturated rings. The summed E-state index contributed by atoms with van der Waals surface area (Å²) in [5.74, 6) is 2.07. The van der Waals surface area contributed by atoms with E-state index in [0.29, 0.717) is 49.7 Å². The van der Waals surface area contributed by atoms with Crippen molar-refractivity contribution in [1.82, 2.24) is 4.90 Å². The number of ketones is 1. The Morgan fingerprint density at radius 1 is 1.00 bits per heavy atom. The largest absolute Gasteiger partial charge is 0.450 e. The molecule has 1 aromatic rings. The predicted octanol–water partition coefficient (Wildman–Crippen LogP) is 9.02. The SMILES string of the molecule is CCOC(=O)N(CC1CCC2CC1C2(C)C)CC1(O)CCC2c3ccc(cc3C(=O)C3CCCCC3)CC(O)CCC(C)=CCCC21C. The van der Waals surface area contributed by atoms with Crippen LogP contribution in [0, 0.1) is 34.5 Å². The topological polar surface area (TPSA) is 87.1 Å². The summed E-state index contributed by atoms with van der Waals surface area (Å²) < 4.78 is 5.67. The average Bonchev–Trinajstić information content (AvgIpc) is 3.32. The van der Waals surface area contributed by atoms with Gasteiger partial charge < -0.3 is 19.8 Å². The Balaban J connectivity index is 1.36. The molecule has 0 aromatic heterocycles. The standard InChI is InChI=1S/C42H63NO5/c1-6-48-39(46)43(26-31-16-17-32-25-37(31)40(32,3)4)27-42(47)22-20-36-34-19-15-29(24-35(34)38(45)30-12-8-7-9-13-30)23-33(44)18-14-28(2)11-10-21-41(36,42)5/h11,15,19,24,30-33,36-37,44,47H,6-10,12-14,16-18,20-23,25-27H2,1-5H3. The van der Waals surface area contributed by atoms with E-state index in [-0.39, 0.29) is 30.3 Å². The number of aliphatic hydroxyl groups is 2. The maximum absolute atomic E-state index is 14.4. The van der Waals surface area contributed by atoms with Crippen LogP contribution in [-0.2, 0) is 11.2 Å². The van der Waals surface area contributed by atoms with Crippen molar-refractivity contribution in [1.29, 1.82) is 0 Å². The second kappa shape index (κ2) is 14.2. The molecule has 1 amide bonds. The molecule has 7 aliphatic carbocycles. The number of amides is 1. The van der Waals surface area contributed by atoms with Gasteiger partial charge in [0.05, 0.1) is 24.9 Å². The molecule has 48 heavy (non-hydrogen) atoms. The number of hydrogen-bond acceptors (Lipinski definition) is 5. The fraction of sp³-hybridized carbons (Fsp3) is 0.762. The van der Waals surface area contributed by atoms with Crippen molar-refractivity contribution in [3.8, 4) is 0 Å². The molecule has 8 rings (SSSR count). The van der Waals surface area contributed by atoms with E-state index >= 15 is 0 Å².